The molecule has 6 aromatic carbocycles. The molecule has 0 fully saturated rings. The van der Waals surface area contributed by atoms with E-state index in [4.69, 9.17) is 0 Å². The van der Waals surface area contributed by atoms with Gasteiger partial charge in [-0.2, -0.15) is 0 Å². The van der Waals surface area contributed by atoms with Gasteiger partial charge in [0.1, 0.15) is 0 Å². The third-order valence-corrected chi connectivity index (χ3v) is 14.1. The normalized spacial score (nSPS) is 12.1. The molecule has 0 aliphatic carbocycles. The molecule has 1 nitrogen and oxygen atoms in total. The fourth-order valence-electron chi connectivity index (χ4n) is 5.27. The summed E-state index contributed by atoms with van der Waals surface area (Å²) in [5.41, 5.74) is 0. The van der Waals surface area contributed by atoms with Crippen molar-refractivity contribution in [3.63, 3.8) is 0 Å². The molecule has 0 bridgehead atoms. The maximum Gasteiger partial charge on any atom is 0.171 e. The lowest BCUT2D eigenvalue weighted by molar-refractivity contribution is 0.592. The van der Waals surface area contributed by atoms with E-state index in [1.165, 1.54) is 19.6 Å². The minimum absolute atomic E-state index is 0.839. The highest BCUT2D eigenvalue weighted by Gasteiger charge is 2.34. The topological polar surface area (TPSA) is 17.1 Å². The monoisotopic (exact) mass is 540 g/mol. The number of hydrogen-bond donors (Lipinski definition) is 0. The standard InChI is InChI=1S/C36H29OPS/c37-38(30-16-6-1-7-17-30,31-18-8-2-9-19-31)32-26-28-36(29-27-32)39(33-20-10-3-11-21-33,34-22-12-4-13-23-34)35-24-14-5-15-25-35/h1-29H. The Morgan fingerprint density at radius 2 is 0.564 bits per heavy atom. The van der Waals surface area contributed by atoms with Gasteiger partial charge in [0.15, 0.2) is 7.14 Å². The van der Waals surface area contributed by atoms with Gasteiger partial charge in [-0.1, -0.05) is 115 Å². The molecular weight excluding hydrogens is 511 g/mol. The lowest BCUT2D eigenvalue weighted by Gasteiger charge is -2.42. The van der Waals surface area contributed by atoms with Gasteiger partial charge in [-0.25, -0.2) is 0 Å². The highest BCUT2D eigenvalue weighted by Crippen LogP contribution is 2.73. The fourth-order valence-corrected chi connectivity index (χ4v) is 11.8. The minimum atomic E-state index is -3.06. The molecule has 0 spiro atoms. The van der Waals surface area contributed by atoms with Crippen molar-refractivity contribution in [1.29, 1.82) is 0 Å². The molecular formula is C36H29OPS. The Balaban J connectivity index is 1.60. The van der Waals surface area contributed by atoms with Crippen molar-refractivity contribution in [3.8, 4) is 0 Å². The van der Waals surface area contributed by atoms with Gasteiger partial charge in [-0.05, 0) is 60.7 Å². The van der Waals surface area contributed by atoms with Crippen LogP contribution in [0.2, 0.25) is 0 Å². The van der Waals surface area contributed by atoms with Gasteiger partial charge in [-0.15, -0.1) is 10.0 Å². The molecule has 6 aromatic rings. The summed E-state index contributed by atoms with van der Waals surface area (Å²) < 4.78 is 15.0. The van der Waals surface area contributed by atoms with E-state index in [0.29, 0.717) is 0 Å². The van der Waals surface area contributed by atoms with E-state index in [9.17, 15) is 4.57 Å². The smallest absolute Gasteiger partial charge is 0.171 e. The van der Waals surface area contributed by atoms with Crippen LogP contribution in [0, 0.1) is 0 Å². The molecule has 0 aliphatic heterocycles. The molecule has 0 N–H and O–H groups in total. The molecule has 6 rings (SSSR count). The average molecular weight is 541 g/mol. The Bertz CT molecular complexity index is 1550. The van der Waals surface area contributed by atoms with E-state index < -0.39 is 17.2 Å². The van der Waals surface area contributed by atoms with Crippen LogP contribution in [0.25, 0.3) is 0 Å². The molecule has 0 heterocycles. The summed E-state index contributed by atoms with van der Waals surface area (Å²) in [7, 11) is -4.85. The van der Waals surface area contributed by atoms with Crippen LogP contribution in [0.3, 0.4) is 0 Å². The SMILES string of the molecule is O=P(c1ccccc1)(c1ccccc1)c1ccc(S(c2ccccc2)(c2ccccc2)c2ccccc2)cc1. The molecule has 0 saturated carbocycles. The lowest BCUT2D eigenvalue weighted by Crippen LogP contribution is -2.25. The van der Waals surface area contributed by atoms with E-state index in [1.54, 1.807) is 0 Å². The Morgan fingerprint density at radius 3 is 0.897 bits per heavy atom. The van der Waals surface area contributed by atoms with E-state index in [0.717, 1.165) is 15.9 Å². The highest BCUT2D eigenvalue weighted by molar-refractivity contribution is 8.34. The van der Waals surface area contributed by atoms with Gasteiger partial charge in [0.2, 0.25) is 0 Å². The molecule has 0 radical (unpaired) electrons. The second-order valence-electron chi connectivity index (χ2n) is 9.33. The number of rotatable bonds is 7. The summed E-state index contributed by atoms with van der Waals surface area (Å²) in [4.78, 5) is 5.01. The molecule has 0 unspecified atom stereocenters. The van der Waals surface area contributed by atoms with Gasteiger partial charge < -0.3 is 4.57 Å². The predicted molar refractivity (Wildman–Crippen MR) is 166 cm³/mol. The zero-order valence-corrected chi connectivity index (χ0v) is 23.2. The Morgan fingerprint density at radius 1 is 0.308 bits per heavy atom. The zero-order chi connectivity index (χ0) is 26.5. The molecule has 0 aromatic heterocycles. The van der Waals surface area contributed by atoms with Crippen LogP contribution in [-0.4, -0.2) is 0 Å². The number of benzene rings is 6. The van der Waals surface area contributed by atoms with Crippen LogP contribution in [0.4, 0.5) is 0 Å². The molecule has 39 heavy (non-hydrogen) atoms. The second kappa shape index (κ2) is 10.9. The fraction of sp³-hybridized carbons (Fsp3) is 0. The summed E-state index contributed by atoms with van der Waals surface area (Å²) in [6.45, 7) is 0. The van der Waals surface area contributed by atoms with Crippen molar-refractivity contribution in [1.82, 2.24) is 0 Å². The summed E-state index contributed by atoms with van der Waals surface area (Å²) in [6, 6.07) is 60.7. The first kappa shape index (κ1) is 25.2. The Labute approximate surface area is 232 Å². The first-order valence-corrected chi connectivity index (χ1v) is 16.4. The van der Waals surface area contributed by atoms with Crippen LogP contribution < -0.4 is 15.9 Å². The second-order valence-corrected chi connectivity index (χ2v) is 15.2. The van der Waals surface area contributed by atoms with Crippen LogP contribution in [0.5, 0.6) is 0 Å². The van der Waals surface area contributed by atoms with Crippen LogP contribution >= 0.6 is 17.2 Å². The minimum Gasteiger partial charge on any atom is -0.309 e. The maximum atomic E-state index is 15.0. The quantitative estimate of drug-likeness (QED) is 0.185. The van der Waals surface area contributed by atoms with Gasteiger partial charge in [0.25, 0.3) is 0 Å². The van der Waals surface area contributed by atoms with Gasteiger partial charge in [0, 0.05) is 35.5 Å². The molecule has 3 heteroatoms. The van der Waals surface area contributed by atoms with Crippen LogP contribution in [0.1, 0.15) is 0 Å². The van der Waals surface area contributed by atoms with Gasteiger partial charge in [0.05, 0.1) is 0 Å². The third kappa shape index (κ3) is 4.46. The van der Waals surface area contributed by atoms with Gasteiger partial charge >= 0.3 is 0 Å². The molecule has 0 saturated heterocycles. The molecule has 0 aliphatic rings. The van der Waals surface area contributed by atoms with Crippen LogP contribution in [0.15, 0.2) is 196 Å². The molecule has 0 atom stereocenters. The summed E-state index contributed by atoms with van der Waals surface area (Å²) >= 11 is 0. The van der Waals surface area contributed by atoms with Crippen molar-refractivity contribution in [3.05, 3.63) is 176 Å². The first-order valence-electron chi connectivity index (χ1n) is 13.0. The summed E-state index contributed by atoms with van der Waals surface area (Å²) in [6.07, 6.45) is 0. The van der Waals surface area contributed by atoms with E-state index in [1.807, 2.05) is 60.7 Å². The van der Waals surface area contributed by atoms with Crippen molar-refractivity contribution >= 4 is 33.1 Å². The van der Waals surface area contributed by atoms with E-state index in [-0.39, 0.29) is 0 Å². The van der Waals surface area contributed by atoms with Gasteiger partial charge in [-0.3, -0.25) is 0 Å². The average Bonchev–Trinajstić information content (AvgIpc) is 3.04. The molecule has 0 amide bonds. The summed E-state index contributed by atoms with van der Waals surface area (Å²) in [5, 5.41) is 2.53. The lowest BCUT2D eigenvalue weighted by atomic mass is 10.3. The zero-order valence-electron chi connectivity index (χ0n) is 21.5. The highest BCUT2D eigenvalue weighted by atomic mass is 32.3. The third-order valence-electron chi connectivity index (χ3n) is 7.08. The largest absolute Gasteiger partial charge is 0.309 e. The Hall–Kier alpha value is -4.10. The van der Waals surface area contributed by atoms with Crippen molar-refractivity contribution in [2.75, 3.05) is 0 Å². The van der Waals surface area contributed by atoms with E-state index in [2.05, 4.69) is 115 Å². The maximum absolute atomic E-state index is 15.0. The van der Waals surface area contributed by atoms with Crippen molar-refractivity contribution < 1.29 is 4.57 Å². The van der Waals surface area contributed by atoms with E-state index >= 15 is 0 Å². The summed E-state index contributed by atoms with van der Waals surface area (Å²) in [5.74, 6) is 0. The molecule has 190 valence electrons. The van der Waals surface area contributed by atoms with Crippen molar-refractivity contribution in [2.24, 2.45) is 0 Å². The first-order chi connectivity index (χ1) is 19.2. The number of hydrogen-bond acceptors (Lipinski definition) is 1. The predicted octanol–water partition coefficient (Wildman–Crippen LogP) is 8.67. The van der Waals surface area contributed by atoms with Crippen molar-refractivity contribution in [2.45, 2.75) is 19.6 Å². The Kier molecular flexibility index (Phi) is 7.07. The van der Waals surface area contributed by atoms with Crippen LogP contribution in [-0.2, 0) is 4.57 Å².